The first kappa shape index (κ1) is 27.5. The molecule has 2 aromatic heterocycles. The van der Waals surface area contributed by atoms with Crippen LogP contribution in [0.4, 0.5) is 0 Å². The van der Waals surface area contributed by atoms with Crippen LogP contribution in [-0.4, -0.2) is 60.6 Å². The zero-order valence-electron chi connectivity index (χ0n) is 23.8. The number of ether oxygens (including phenoxy) is 2. The van der Waals surface area contributed by atoms with Crippen molar-refractivity contribution in [2.24, 2.45) is 0 Å². The lowest BCUT2D eigenvalue weighted by Gasteiger charge is -2.35. The first-order valence-electron chi connectivity index (χ1n) is 13.8. The average Bonchev–Trinajstić information content (AvgIpc) is 3.43. The summed E-state index contributed by atoms with van der Waals surface area (Å²) in [6.07, 6.45) is 4.85. The Morgan fingerprint density at radius 2 is 1.82 bits per heavy atom. The van der Waals surface area contributed by atoms with E-state index in [1.165, 1.54) is 0 Å². The Balaban J connectivity index is 1.56. The maximum Gasteiger partial charge on any atom is 0.254 e. The number of carbonyl (C=O) groups is 1. The Labute approximate surface area is 234 Å². The monoisotopic (exact) mass is 549 g/mol. The lowest BCUT2D eigenvalue weighted by atomic mass is 9.87. The number of aryl methyl sites for hydroxylation is 2. The summed E-state index contributed by atoms with van der Waals surface area (Å²) in [5, 5.41) is 2.05. The van der Waals surface area contributed by atoms with Gasteiger partial charge in [-0.25, -0.2) is 0 Å². The number of H-pyrrole nitrogens is 1. The minimum Gasteiger partial charge on any atom is -0.492 e. The van der Waals surface area contributed by atoms with Gasteiger partial charge in [-0.3, -0.25) is 9.59 Å². The van der Waals surface area contributed by atoms with Gasteiger partial charge >= 0.3 is 0 Å². The van der Waals surface area contributed by atoms with E-state index < -0.39 is 0 Å². The molecule has 0 unspecified atom stereocenters. The maximum atomic E-state index is 14.1. The Morgan fingerprint density at radius 3 is 2.44 bits per heavy atom. The Morgan fingerprint density at radius 1 is 1.08 bits per heavy atom. The second-order valence-corrected chi connectivity index (χ2v) is 12.1. The van der Waals surface area contributed by atoms with Crippen LogP contribution >= 0.6 is 11.3 Å². The number of hydrogen-bond donors (Lipinski definition) is 1. The lowest BCUT2D eigenvalue weighted by Crippen LogP contribution is -2.40. The number of methoxy groups -OCH3 is 1. The molecule has 0 atom stereocenters. The van der Waals surface area contributed by atoms with Crippen molar-refractivity contribution in [3.63, 3.8) is 0 Å². The number of thiophene rings is 1. The highest BCUT2D eigenvalue weighted by Crippen LogP contribution is 2.49. The van der Waals surface area contributed by atoms with Crippen molar-refractivity contribution in [2.75, 3.05) is 27.7 Å². The first-order valence-corrected chi connectivity index (χ1v) is 14.7. The quantitative estimate of drug-likeness (QED) is 0.422. The summed E-state index contributed by atoms with van der Waals surface area (Å²) in [6.45, 7) is 6.60. The predicted octanol–water partition coefficient (Wildman–Crippen LogP) is 5.49. The number of nitrogens with one attached hydrogen (secondary N) is 1. The standard InChI is InChI=1S/C31H39N3O4S/c1-18-16-19(2)32-30(35)24(18)17-34-14-13-23-26(31(34)36)20(3)28(29(37-6)27(23)25-8-7-15-39-25)38-22-11-9-21(10-12-22)33(4)5/h7-8,15-16,21-22H,9-14,17H2,1-6H3,(H,32,35). The van der Waals surface area contributed by atoms with Crippen molar-refractivity contribution in [1.29, 1.82) is 0 Å². The maximum absolute atomic E-state index is 14.1. The van der Waals surface area contributed by atoms with E-state index in [2.05, 4.69) is 30.0 Å². The summed E-state index contributed by atoms with van der Waals surface area (Å²) in [7, 11) is 5.97. The molecule has 2 aliphatic rings. The van der Waals surface area contributed by atoms with E-state index in [0.29, 0.717) is 35.9 Å². The zero-order valence-corrected chi connectivity index (χ0v) is 24.7. The van der Waals surface area contributed by atoms with Crippen molar-refractivity contribution < 1.29 is 14.3 Å². The SMILES string of the molecule is COc1c(OC2CCC(N(C)C)CC2)c(C)c2c(c1-c1cccs1)CCN(Cc1c(C)cc(C)[nH]c1=O)C2=O. The molecule has 0 bridgehead atoms. The second-order valence-electron chi connectivity index (χ2n) is 11.1. The fourth-order valence-corrected chi connectivity index (χ4v) is 7.01. The van der Waals surface area contributed by atoms with Crippen LogP contribution in [0.15, 0.2) is 28.4 Å². The molecule has 1 N–H and O–H groups in total. The van der Waals surface area contributed by atoms with Crippen molar-refractivity contribution in [3.8, 4) is 21.9 Å². The molecule has 1 saturated carbocycles. The molecule has 1 aromatic carbocycles. The van der Waals surface area contributed by atoms with Crippen molar-refractivity contribution in [2.45, 2.75) is 71.6 Å². The summed E-state index contributed by atoms with van der Waals surface area (Å²) < 4.78 is 12.8. The van der Waals surface area contributed by atoms with Gasteiger partial charge in [-0.2, -0.15) is 0 Å². The molecule has 3 aromatic rings. The van der Waals surface area contributed by atoms with Gasteiger partial charge in [-0.15, -0.1) is 11.3 Å². The molecule has 1 fully saturated rings. The van der Waals surface area contributed by atoms with Crippen LogP contribution in [0.3, 0.4) is 0 Å². The van der Waals surface area contributed by atoms with Crippen LogP contribution in [-0.2, 0) is 13.0 Å². The number of nitrogens with zero attached hydrogens (tertiary/aromatic N) is 2. The summed E-state index contributed by atoms with van der Waals surface area (Å²) in [6, 6.07) is 6.64. The molecule has 208 valence electrons. The summed E-state index contributed by atoms with van der Waals surface area (Å²) >= 11 is 1.64. The van der Waals surface area contributed by atoms with Gasteiger partial charge in [0.05, 0.1) is 25.3 Å². The number of aromatic nitrogens is 1. The van der Waals surface area contributed by atoms with Crippen LogP contribution in [0.2, 0.25) is 0 Å². The van der Waals surface area contributed by atoms with Gasteiger partial charge in [0.25, 0.3) is 11.5 Å². The minimum absolute atomic E-state index is 0.0604. The number of aromatic amines is 1. The molecule has 1 amide bonds. The van der Waals surface area contributed by atoms with Crippen molar-refractivity contribution >= 4 is 17.2 Å². The zero-order chi connectivity index (χ0) is 27.8. The van der Waals surface area contributed by atoms with Crippen LogP contribution in [0.5, 0.6) is 11.5 Å². The number of pyridine rings is 1. The Hall–Kier alpha value is -3.10. The van der Waals surface area contributed by atoms with Crippen LogP contribution in [0.1, 0.15) is 64.0 Å². The van der Waals surface area contributed by atoms with E-state index in [-0.39, 0.29) is 24.1 Å². The first-order chi connectivity index (χ1) is 18.7. The van der Waals surface area contributed by atoms with E-state index in [4.69, 9.17) is 9.47 Å². The molecule has 0 spiro atoms. The van der Waals surface area contributed by atoms with Gasteiger partial charge in [0.1, 0.15) is 0 Å². The molecule has 39 heavy (non-hydrogen) atoms. The van der Waals surface area contributed by atoms with Crippen LogP contribution in [0, 0.1) is 20.8 Å². The van der Waals surface area contributed by atoms with Gasteiger partial charge in [0, 0.05) is 39.8 Å². The highest BCUT2D eigenvalue weighted by Gasteiger charge is 2.35. The van der Waals surface area contributed by atoms with Crippen LogP contribution in [0.25, 0.3) is 10.4 Å². The highest BCUT2D eigenvalue weighted by atomic mass is 32.1. The van der Waals surface area contributed by atoms with Gasteiger partial charge < -0.3 is 24.3 Å². The smallest absolute Gasteiger partial charge is 0.254 e. The molecule has 3 heterocycles. The van der Waals surface area contributed by atoms with Gasteiger partial charge in [-0.1, -0.05) is 6.07 Å². The second kappa shape index (κ2) is 11.2. The number of hydrogen-bond acceptors (Lipinski definition) is 6. The molecular weight excluding hydrogens is 510 g/mol. The van der Waals surface area contributed by atoms with E-state index in [9.17, 15) is 9.59 Å². The number of carbonyl (C=O) groups excluding carboxylic acids is 1. The van der Waals surface area contributed by atoms with E-state index in [1.807, 2.05) is 38.3 Å². The van der Waals surface area contributed by atoms with Gasteiger partial charge in [0.2, 0.25) is 0 Å². The third-order valence-corrected chi connectivity index (χ3v) is 9.25. The summed E-state index contributed by atoms with van der Waals surface area (Å²) in [4.78, 5) is 34.9. The average molecular weight is 550 g/mol. The third kappa shape index (κ3) is 5.24. The fourth-order valence-electron chi connectivity index (χ4n) is 6.22. The summed E-state index contributed by atoms with van der Waals surface area (Å²) in [5.74, 6) is 1.33. The fraction of sp³-hybridized carbons (Fsp3) is 0.484. The molecule has 1 aliphatic carbocycles. The topological polar surface area (TPSA) is 74.9 Å². The minimum atomic E-state index is -0.130. The lowest BCUT2D eigenvalue weighted by molar-refractivity contribution is 0.0722. The third-order valence-electron chi connectivity index (χ3n) is 8.36. The number of rotatable bonds is 7. The van der Waals surface area contributed by atoms with Gasteiger partial charge in [-0.05, 0) is 95.6 Å². The van der Waals surface area contributed by atoms with Crippen molar-refractivity contribution in [1.82, 2.24) is 14.8 Å². The molecule has 0 radical (unpaired) electrons. The van der Waals surface area contributed by atoms with Gasteiger partial charge in [0.15, 0.2) is 11.5 Å². The number of fused-ring (bicyclic) bond motifs is 1. The molecule has 0 saturated heterocycles. The number of amides is 1. The molecule has 8 heteroatoms. The molecular formula is C31H39N3O4S. The molecule has 7 nitrogen and oxygen atoms in total. The molecule has 1 aliphatic heterocycles. The molecule has 5 rings (SSSR count). The van der Waals surface area contributed by atoms with E-state index in [1.54, 1.807) is 23.3 Å². The van der Waals surface area contributed by atoms with E-state index >= 15 is 0 Å². The van der Waals surface area contributed by atoms with E-state index in [0.717, 1.165) is 64.3 Å². The summed E-state index contributed by atoms with van der Waals surface area (Å²) in [5.41, 5.74) is 5.70. The predicted molar refractivity (Wildman–Crippen MR) is 156 cm³/mol. The number of benzene rings is 1. The van der Waals surface area contributed by atoms with Crippen molar-refractivity contribution in [3.05, 3.63) is 67.4 Å². The Bertz CT molecular complexity index is 1420. The highest BCUT2D eigenvalue weighted by molar-refractivity contribution is 7.13. The largest absolute Gasteiger partial charge is 0.492 e. The van der Waals surface area contributed by atoms with Crippen LogP contribution < -0.4 is 15.0 Å². The normalized spacial score (nSPS) is 19.4. The Kier molecular flexibility index (Phi) is 7.87.